The number of rotatable bonds is 5. The first-order chi connectivity index (χ1) is 8.69. The highest BCUT2D eigenvalue weighted by molar-refractivity contribution is 7.07. The Morgan fingerprint density at radius 3 is 2.83 bits per heavy atom. The molecule has 1 atom stereocenters. The van der Waals surface area contributed by atoms with Crippen LogP contribution in [0.3, 0.4) is 0 Å². The van der Waals surface area contributed by atoms with Crippen LogP contribution in [-0.2, 0) is 0 Å². The van der Waals surface area contributed by atoms with Gasteiger partial charge in [0.25, 0.3) is 0 Å². The van der Waals surface area contributed by atoms with Gasteiger partial charge in [0.15, 0.2) is 0 Å². The zero-order valence-electron chi connectivity index (χ0n) is 10.3. The van der Waals surface area contributed by atoms with Crippen molar-refractivity contribution in [2.45, 2.75) is 13.0 Å². The summed E-state index contributed by atoms with van der Waals surface area (Å²) in [5, 5.41) is 19.9. The minimum Gasteiger partial charge on any atom is -0.387 e. The largest absolute Gasteiger partial charge is 0.387 e. The third kappa shape index (κ3) is 3.18. The Labute approximate surface area is 110 Å². The number of anilines is 2. The van der Waals surface area contributed by atoms with Gasteiger partial charge in [-0.2, -0.15) is 11.3 Å². The Hall–Kier alpha value is -1.66. The van der Waals surface area contributed by atoms with Gasteiger partial charge in [-0.15, -0.1) is 0 Å². The van der Waals surface area contributed by atoms with Crippen LogP contribution in [0.2, 0.25) is 0 Å². The second kappa shape index (κ2) is 5.79. The Balaban J connectivity index is 1.99. The number of aliphatic hydroxyl groups excluding tert-OH is 1. The first-order valence-corrected chi connectivity index (χ1v) is 6.61. The zero-order valence-corrected chi connectivity index (χ0v) is 11.2. The fraction of sp³-hybridized carbons (Fsp3) is 0.333. The number of thiophene rings is 1. The summed E-state index contributed by atoms with van der Waals surface area (Å²) >= 11 is 1.57. The molecule has 2 aromatic heterocycles. The molecule has 0 aliphatic carbocycles. The number of nitrogens with zero attached hydrogens (tertiary/aromatic N) is 2. The molecule has 6 heteroatoms. The molecule has 1 unspecified atom stereocenters. The predicted molar refractivity (Wildman–Crippen MR) is 74.1 cm³/mol. The van der Waals surface area contributed by atoms with Crippen LogP contribution >= 0.6 is 11.3 Å². The summed E-state index contributed by atoms with van der Waals surface area (Å²) in [5.41, 5.74) is 0.923. The molecule has 5 nitrogen and oxygen atoms in total. The van der Waals surface area contributed by atoms with E-state index < -0.39 is 6.10 Å². The Morgan fingerprint density at radius 1 is 1.39 bits per heavy atom. The molecule has 0 bridgehead atoms. The summed E-state index contributed by atoms with van der Waals surface area (Å²) in [6.45, 7) is 2.26. The highest BCUT2D eigenvalue weighted by Crippen LogP contribution is 2.17. The zero-order chi connectivity index (χ0) is 13.0. The van der Waals surface area contributed by atoms with Crippen molar-refractivity contribution in [1.29, 1.82) is 0 Å². The van der Waals surface area contributed by atoms with Crippen molar-refractivity contribution < 1.29 is 5.11 Å². The van der Waals surface area contributed by atoms with Crippen molar-refractivity contribution in [3.05, 3.63) is 34.3 Å². The van der Waals surface area contributed by atoms with Crippen LogP contribution < -0.4 is 10.6 Å². The molecule has 0 saturated heterocycles. The third-order valence-electron chi connectivity index (χ3n) is 2.50. The summed E-state index contributed by atoms with van der Waals surface area (Å²) in [6.07, 6.45) is -0.524. The molecular weight excluding hydrogens is 248 g/mol. The molecule has 2 rings (SSSR count). The minimum atomic E-state index is -0.524. The van der Waals surface area contributed by atoms with Crippen LogP contribution in [-0.4, -0.2) is 28.7 Å². The van der Waals surface area contributed by atoms with Crippen molar-refractivity contribution in [1.82, 2.24) is 9.97 Å². The van der Waals surface area contributed by atoms with E-state index in [0.717, 1.165) is 11.4 Å². The van der Waals surface area contributed by atoms with Crippen LogP contribution in [0, 0.1) is 6.92 Å². The van der Waals surface area contributed by atoms with Gasteiger partial charge in [0.1, 0.15) is 17.5 Å². The van der Waals surface area contributed by atoms with Gasteiger partial charge in [-0.1, -0.05) is 0 Å². The molecule has 0 aliphatic rings. The molecule has 2 heterocycles. The average Bonchev–Trinajstić information content (AvgIpc) is 2.89. The van der Waals surface area contributed by atoms with E-state index in [-0.39, 0.29) is 0 Å². The van der Waals surface area contributed by atoms with Gasteiger partial charge in [-0.05, 0) is 29.3 Å². The molecule has 0 aliphatic heterocycles. The van der Waals surface area contributed by atoms with Crippen molar-refractivity contribution in [2.24, 2.45) is 0 Å². The van der Waals surface area contributed by atoms with Crippen LogP contribution in [0.1, 0.15) is 17.5 Å². The highest BCUT2D eigenvalue weighted by Gasteiger charge is 2.08. The summed E-state index contributed by atoms with van der Waals surface area (Å²) in [5.74, 6) is 2.16. The van der Waals surface area contributed by atoms with Gasteiger partial charge in [-0.25, -0.2) is 9.97 Å². The van der Waals surface area contributed by atoms with Gasteiger partial charge < -0.3 is 15.7 Å². The van der Waals surface area contributed by atoms with E-state index in [9.17, 15) is 5.11 Å². The number of hydrogen-bond acceptors (Lipinski definition) is 6. The second-order valence-electron chi connectivity index (χ2n) is 3.89. The average molecular weight is 264 g/mol. The maximum Gasteiger partial charge on any atom is 0.131 e. The van der Waals surface area contributed by atoms with E-state index >= 15 is 0 Å². The van der Waals surface area contributed by atoms with Crippen molar-refractivity contribution in [2.75, 3.05) is 24.2 Å². The summed E-state index contributed by atoms with van der Waals surface area (Å²) in [4.78, 5) is 8.47. The number of aliphatic hydroxyl groups is 1. The number of hydrogen-bond donors (Lipinski definition) is 3. The molecular formula is C12H16N4OS. The van der Waals surface area contributed by atoms with Crippen molar-refractivity contribution in [3.8, 4) is 0 Å². The molecule has 0 radical (unpaired) electrons. The Morgan fingerprint density at radius 2 is 2.17 bits per heavy atom. The maximum absolute atomic E-state index is 9.95. The third-order valence-corrected chi connectivity index (χ3v) is 3.20. The fourth-order valence-electron chi connectivity index (χ4n) is 1.57. The van der Waals surface area contributed by atoms with E-state index in [2.05, 4.69) is 20.6 Å². The first-order valence-electron chi connectivity index (χ1n) is 5.66. The normalized spacial score (nSPS) is 12.2. The fourth-order valence-corrected chi connectivity index (χ4v) is 2.28. The van der Waals surface area contributed by atoms with Crippen molar-refractivity contribution in [3.63, 3.8) is 0 Å². The molecule has 96 valence electrons. The molecule has 0 amide bonds. The number of aryl methyl sites for hydroxylation is 1. The molecule has 3 N–H and O–H groups in total. The van der Waals surface area contributed by atoms with Crippen LogP contribution in [0.4, 0.5) is 11.6 Å². The maximum atomic E-state index is 9.95. The number of aromatic nitrogens is 2. The summed E-state index contributed by atoms with van der Waals surface area (Å²) < 4.78 is 0. The number of nitrogens with one attached hydrogen (secondary N) is 2. The van der Waals surface area contributed by atoms with Crippen molar-refractivity contribution >= 4 is 23.0 Å². The second-order valence-corrected chi connectivity index (χ2v) is 4.67. The molecule has 0 saturated carbocycles. The van der Waals surface area contributed by atoms with Crippen LogP contribution in [0.25, 0.3) is 0 Å². The minimum absolute atomic E-state index is 0.427. The van der Waals surface area contributed by atoms with E-state index in [1.54, 1.807) is 11.3 Å². The van der Waals surface area contributed by atoms with Crippen LogP contribution in [0.5, 0.6) is 0 Å². The highest BCUT2D eigenvalue weighted by atomic mass is 32.1. The Bertz CT molecular complexity index is 501. The van der Waals surface area contributed by atoms with Crippen LogP contribution in [0.15, 0.2) is 22.9 Å². The quantitative estimate of drug-likeness (QED) is 0.771. The summed E-state index contributed by atoms with van der Waals surface area (Å²) in [6, 6.07) is 3.73. The van der Waals surface area contributed by atoms with Gasteiger partial charge in [-0.3, -0.25) is 0 Å². The monoisotopic (exact) mass is 264 g/mol. The lowest BCUT2D eigenvalue weighted by Crippen LogP contribution is -2.13. The smallest absolute Gasteiger partial charge is 0.131 e. The molecule has 0 aromatic carbocycles. The van der Waals surface area contributed by atoms with E-state index in [1.165, 1.54) is 0 Å². The van der Waals surface area contributed by atoms with Gasteiger partial charge in [0, 0.05) is 19.7 Å². The first kappa shape index (κ1) is 12.8. The molecule has 0 fully saturated rings. The lowest BCUT2D eigenvalue weighted by atomic mass is 10.2. The SMILES string of the molecule is CNc1cc(NCC(O)c2ccsc2)nc(C)n1. The molecule has 2 aromatic rings. The molecule has 18 heavy (non-hydrogen) atoms. The lowest BCUT2D eigenvalue weighted by Gasteiger charge is -2.12. The predicted octanol–water partition coefficient (Wildman–Crippen LogP) is 2.03. The van der Waals surface area contributed by atoms with E-state index in [0.29, 0.717) is 18.2 Å². The topological polar surface area (TPSA) is 70.1 Å². The van der Waals surface area contributed by atoms with E-state index in [1.807, 2.05) is 36.9 Å². The Kier molecular flexibility index (Phi) is 4.11. The lowest BCUT2D eigenvalue weighted by molar-refractivity contribution is 0.192. The van der Waals surface area contributed by atoms with E-state index in [4.69, 9.17) is 0 Å². The van der Waals surface area contributed by atoms with Gasteiger partial charge in [0.2, 0.25) is 0 Å². The standard InChI is InChI=1S/C12H16N4OS/c1-8-15-11(13-2)5-12(16-8)14-6-10(17)9-3-4-18-7-9/h3-5,7,10,17H,6H2,1-2H3,(H2,13,14,15,16). The van der Waals surface area contributed by atoms with Gasteiger partial charge in [0.05, 0.1) is 6.10 Å². The molecule has 0 spiro atoms. The summed E-state index contributed by atoms with van der Waals surface area (Å²) in [7, 11) is 1.81. The van der Waals surface area contributed by atoms with Gasteiger partial charge >= 0.3 is 0 Å².